The molecule has 2 aromatic rings. The number of hydrogen-bond donors (Lipinski definition) is 1. The molecule has 0 spiro atoms. The molecule has 0 saturated carbocycles. The Kier molecular flexibility index (Phi) is 6.09. The van der Waals surface area contributed by atoms with E-state index in [1.165, 1.54) is 17.4 Å². The predicted octanol–water partition coefficient (Wildman–Crippen LogP) is 4.94. The fourth-order valence-electron chi connectivity index (χ4n) is 2.59. The Hall–Kier alpha value is -2.33. The van der Waals surface area contributed by atoms with Crippen molar-refractivity contribution < 1.29 is 9.59 Å². The summed E-state index contributed by atoms with van der Waals surface area (Å²) in [6, 6.07) is 13.0. The van der Waals surface area contributed by atoms with E-state index in [0.29, 0.717) is 16.4 Å². The number of amides is 2. The van der Waals surface area contributed by atoms with Gasteiger partial charge >= 0.3 is 0 Å². The van der Waals surface area contributed by atoms with Crippen molar-refractivity contribution in [3.05, 3.63) is 58.6 Å². The van der Waals surface area contributed by atoms with Crippen LogP contribution in [0.15, 0.2) is 42.5 Å². The van der Waals surface area contributed by atoms with Gasteiger partial charge in [0.25, 0.3) is 0 Å². The van der Waals surface area contributed by atoms with Gasteiger partial charge in [-0.05, 0) is 47.7 Å². The molecule has 0 radical (unpaired) electrons. The van der Waals surface area contributed by atoms with Crippen molar-refractivity contribution >= 4 is 34.8 Å². The Morgan fingerprint density at radius 1 is 1.08 bits per heavy atom. The molecule has 0 aliphatic heterocycles. The molecule has 0 aromatic heterocycles. The van der Waals surface area contributed by atoms with Crippen molar-refractivity contribution in [1.82, 2.24) is 0 Å². The molecule has 0 atom stereocenters. The number of halogens is 1. The van der Waals surface area contributed by atoms with Gasteiger partial charge in [-0.2, -0.15) is 0 Å². The van der Waals surface area contributed by atoms with Crippen molar-refractivity contribution in [2.75, 3.05) is 16.8 Å². The molecule has 0 aliphatic carbocycles. The van der Waals surface area contributed by atoms with Gasteiger partial charge in [0.1, 0.15) is 6.54 Å². The Morgan fingerprint density at radius 2 is 1.69 bits per heavy atom. The third-order valence-corrected chi connectivity index (χ3v) is 4.44. The molecular formula is C21H25ClN2O2. The summed E-state index contributed by atoms with van der Waals surface area (Å²) < 4.78 is 0. The largest absolute Gasteiger partial charge is 0.324 e. The van der Waals surface area contributed by atoms with Gasteiger partial charge in [0.05, 0.1) is 0 Å². The van der Waals surface area contributed by atoms with Crippen LogP contribution in [0.25, 0.3) is 0 Å². The fourth-order valence-corrected chi connectivity index (χ4v) is 2.76. The summed E-state index contributed by atoms with van der Waals surface area (Å²) in [5.74, 6) is -0.461. The molecule has 2 rings (SSSR count). The molecule has 4 nitrogen and oxygen atoms in total. The standard InChI is InChI=1S/C21H25ClN2O2/c1-14-6-9-17(22)12-19(14)23-20(26)13-24(15(2)25)18-10-7-16(8-11-18)21(3,4)5/h6-12H,13H2,1-5H3,(H,23,26). The number of rotatable bonds is 4. The maximum absolute atomic E-state index is 12.4. The average molecular weight is 373 g/mol. The summed E-state index contributed by atoms with van der Waals surface area (Å²) in [6.07, 6.45) is 0. The maximum atomic E-state index is 12.4. The lowest BCUT2D eigenvalue weighted by Crippen LogP contribution is -2.36. The summed E-state index contributed by atoms with van der Waals surface area (Å²) in [5.41, 5.74) is 3.45. The van der Waals surface area contributed by atoms with Crippen molar-refractivity contribution in [2.45, 2.75) is 40.0 Å². The molecular weight excluding hydrogens is 348 g/mol. The minimum absolute atomic E-state index is 0.0288. The van der Waals surface area contributed by atoms with Crippen LogP contribution in [0.3, 0.4) is 0 Å². The van der Waals surface area contributed by atoms with Crippen LogP contribution in [0.2, 0.25) is 5.02 Å². The second kappa shape index (κ2) is 7.92. The summed E-state index contributed by atoms with van der Waals surface area (Å²) in [4.78, 5) is 26.0. The lowest BCUT2D eigenvalue weighted by atomic mass is 9.87. The molecule has 0 bridgehead atoms. The first-order valence-corrected chi connectivity index (χ1v) is 8.90. The third-order valence-electron chi connectivity index (χ3n) is 4.20. The zero-order valence-corrected chi connectivity index (χ0v) is 16.6. The van der Waals surface area contributed by atoms with Crippen LogP contribution >= 0.6 is 11.6 Å². The van der Waals surface area contributed by atoms with Crippen LogP contribution in [0.5, 0.6) is 0 Å². The molecule has 0 unspecified atom stereocenters. The highest BCUT2D eigenvalue weighted by atomic mass is 35.5. The molecule has 0 aliphatic rings. The van der Waals surface area contributed by atoms with Crippen LogP contribution in [0.4, 0.5) is 11.4 Å². The maximum Gasteiger partial charge on any atom is 0.244 e. The minimum Gasteiger partial charge on any atom is -0.324 e. The first-order valence-electron chi connectivity index (χ1n) is 8.52. The summed E-state index contributed by atoms with van der Waals surface area (Å²) >= 11 is 5.99. The highest BCUT2D eigenvalue weighted by Crippen LogP contribution is 2.25. The van der Waals surface area contributed by atoms with Gasteiger partial charge in [-0.3, -0.25) is 9.59 Å². The summed E-state index contributed by atoms with van der Waals surface area (Å²) in [6.45, 7) is 9.67. The number of anilines is 2. The molecule has 138 valence electrons. The van der Waals surface area contributed by atoms with Gasteiger partial charge in [-0.25, -0.2) is 0 Å². The number of benzene rings is 2. The quantitative estimate of drug-likeness (QED) is 0.826. The van der Waals surface area contributed by atoms with Crippen LogP contribution in [-0.2, 0) is 15.0 Å². The van der Waals surface area contributed by atoms with E-state index in [1.54, 1.807) is 12.1 Å². The van der Waals surface area contributed by atoms with Crippen LogP contribution in [-0.4, -0.2) is 18.4 Å². The van der Waals surface area contributed by atoms with E-state index in [9.17, 15) is 9.59 Å². The molecule has 2 amide bonds. The second-order valence-electron chi connectivity index (χ2n) is 7.41. The summed E-state index contributed by atoms with van der Waals surface area (Å²) in [7, 11) is 0. The zero-order valence-electron chi connectivity index (χ0n) is 15.9. The number of nitrogens with zero attached hydrogens (tertiary/aromatic N) is 1. The Balaban J connectivity index is 2.16. The van der Waals surface area contributed by atoms with E-state index in [1.807, 2.05) is 37.3 Å². The Bertz CT molecular complexity index is 808. The van der Waals surface area contributed by atoms with Gasteiger partial charge in [0.15, 0.2) is 0 Å². The van der Waals surface area contributed by atoms with Crippen LogP contribution < -0.4 is 10.2 Å². The number of aryl methyl sites for hydroxylation is 1. The number of carbonyl (C=O) groups excluding carboxylic acids is 2. The SMILES string of the molecule is CC(=O)N(CC(=O)Nc1cc(Cl)ccc1C)c1ccc(C(C)(C)C)cc1. The van der Waals surface area contributed by atoms with Crippen molar-refractivity contribution in [2.24, 2.45) is 0 Å². The van der Waals surface area contributed by atoms with Gasteiger partial charge in [-0.1, -0.05) is 50.6 Å². The average Bonchev–Trinajstić information content (AvgIpc) is 2.55. The van der Waals surface area contributed by atoms with E-state index < -0.39 is 0 Å². The number of hydrogen-bond acceptors (Lipinski definition) is 2. The topological polar surface area (TPSA) is 49.4 Å². The lowest BCUT2D eigenvalue weighted by molar-refractivity contribution is -0.120. The monoisotopic (exact) mass is 372 g/mol. The molecule has 2 aromatic carbocycles. The van der Waals surface area contributed by atoms with E-state index in [4.69, 9.17) is 11.6 Å². The van der Waals surface area contributed by atoms with Gasteiger partial charge in [0.2, 0.25) is 11.8 Å². The number of nitrogens with one attached hydrogen (secondary N) is 1. The van der Waals surface area contributed by atoms with Crippen LogP contribution in [0, 0.1) is 6.92 Å². The molecule has 0 heterocycles. The Labute approximate surface area is 160 Å². The molecule has 0 saturated heterocycles. The highest BCUT2D eigenvalue weighted by Gasteiger charge is 2.18. The van der Waals surface area contributed by atoms with E-state index in [2.05, 4.69) is 26.1 Å². The van der Waals surface area contributed by atoms with Crippen molar-refractivity contribution in [3.63, 3.8) is 0 Å². The van der Waals surface area contributed by atoms with E-state index in [0.717, 1.165) is 5.56 Å². The predicted molar refractivity (Wildman–Crippen MR) is 108 cm³/mol. The van der Waals surface area contributed by atoms with E-state index in [-0.39, 0.29) is 23.8 Å². The molecule has 0 fully saturated rings. The first kappa shape index (κ1) is 20.0. The van der Waals surface area contributed by atoms with Gasteiger partial charge < -0.3 is 10.2 Å². The lowest BCUT2D eigenvalue weighted by Gasteiger charge is -2.23. The van der Waals surface area contributed by atoms with Gasteiger partial charge in [-0.15, -0.1) is 0 Å². The normalized spacial score (nSPS) is 11.2. The number of carbonyl (C=O) groups is 2. The second-order valence-corrected chi connectivity index (χ2v) is 7.85. The van der Waals surface area contributed by atoms with Crippen LogP contribution in [0.1, 0.15) is 38.8 Å². The molecule has 1 N–H and O–H groups in total. The fraction of sp³-hybridized carbons (Fsp3) is 0.333. The minimum atomic E-state index is -0.273. The molecule has 26 heavy (non-hydrogen) atoms. The molecule has 5 heteroatoms. The van der Waals surface area contributed by atoms with E-state index >= 15 is 0 Å². The van der Waals surface area contributed by atoms with Crippen molar-refractivity contribution in [1.29, 1.82) is 0 Å². The summed E-state index contributed by atoms with van der Waals surface area (Å²) in [5, 5.41) is 3.37. The smallest absolute Gasteiger partial charge is 0.244 e. The highest BCUT2D eigenvalue weighted by molar-refractivity contribution is 6.31. The third kappa shape index (κ3) is 5.09. The van der Waals surface area contributed by atoms with Gasteiger partial charge in [0, 0.05) is 23.3 Å². The Morgan fingerprint density at radius 3 is 2.23 bits per heavy atom. The van der Waals surface area contributed by atoms with Crippen molar-refractivity contribution in [3.8, 4) is 0 Å². The zero-order chi connectivity index (χ0) is 19.5. The first-order chi connectivity index (χ1) is 12.1.